The van der Waals surface area contributed by atoms with Crippen LogP contribution >= 0.6 is 0 Å². The normalized spacial score (nSPS) is 10.5. The molecule has 0 aromatic heterocycles. The average molecular weight is 273 g/mol. The lowest BCUT2D eigenvalue weighted by atomic mass is 10.1. The Morgan fingerprint density at radius 2 is 2.25 bits per heavy atom. The van der Waals surface area contributed by atoms with Gasteiger partial charge in [-0.05, 0) is 18.6 Å². The first kappa shape index (κ1) is 15.2. The number of hydrogen-bond donors (Lipinski definition) is 3. The van der Waals surface area contributed by atoms with Gasteiger partial charge in [-0.15, -0.1) is 0 Å². The van der Waals surface area contributed by atoms with Gasteiger partial charge in [0, 0.05) is 0 Å². The number of nitrogens with two attached hydrogens (primary N) is 1. The van der Waals surface area contributed by atoms with E-state index >= 15 is 0 Å². The zero-order valence-corrected chi connectivity index (χ0v) is 11.0. The number of para-hydroxylation sites is 1. The van der Waals surface area contributed by atoms with Crippen molar-refractivity contribution in [3.63, 3.8) is 0 Å². The quantitative estimate of drug-likeness (QED) is 0.309. The van der Waals surface area contributed by atoms with Gasteiger partial charge in [0.1, 0.15) is 6.07 Å². The van der Waals surface area contributed by atoms with E-state index in [1.54, 1.807) is 37.3 Å². The molecule has 0 fully saturated rings. The summed E-state index contributed by atoms with van der Waals surface area (Å²) in [5.41, 5.74) is 8.82. The van der Waals surface area contributed by atoms with E-state index in [1.807, 2.05) is 0 Å². The third-order valence-electron chi connectivity index (χ3n) is 2.31. The maximum absolute atomic E-state index is 11.5. The van der Waals surface area contributed by atoms with Crippen LogP contribution in [0.15, 0.2) is 29.4 Å². The molecule has 0 aliphatic carbocycles. The zero-order valence-electron chi connectivity index (χ0n) is 11.0. The van der Waals surface area contributed by atoms with E-state index in [4.69, 9.17) is 21.1 Å². The smallest absolute Gasteiger partial charge is 0.310 e. The van der Waals surface area contributed by atoms with Crippen molar-refractivity contribution in [2.24, 2.45) is 10.8 Å². The molecule has 0 bridgehead atoms. The van der Waals surface area contributed by atoms with Gasteiger partial charge < -0.3 is 10.5 Å². The van der Waals surface area contributed by atoms with Crippen molar-refractivity contribution in [1.82, 2.24) is 0 Å². The van der Waals surface area contributed by atoms with Gasteiger partial charge in [-0.1, -0.05) is 18.2 Å². The van der Waals surface area contributed by atoms with Crippen LogP contribution in [0.5, 0.6) is 0 Å². The molecule has 0 spiro atoms. The minimum Gasteiger partial charge on any atom is -0.466 e. The van der Waals surface area contributed by atoms with Crippen LogP contribution in [0, 0.1) is 16.7 Å². The van der Waals surface area contributed by atoms with E-state index in [9.17, 15) is 4.79 Å². The van der Waals surface area contributed by atoms with Crippen LogP contribution in [0.1, 0.15) is 12.5 Å². The molecule has 0 aliphatic heterocycles. The molecule has 20 heavy (non-hydrogen) atoms. The molecule has 1 aromatic rings. The number of hydrogen-bond acceptors (Lipinski definition) is 6. The fourth-order valence-corrected chi connectivity index (χ4v) is 1.41. The second-order valence-electron chi connectivity index (χ2n) is 3.74. The number of rotatable bonds is 6. The van der Waals surface area contributed by atoms with Gasteiger partial charge in [-0.2, -0.15) is 10.4 Å². The molecule has 1 aromatic carbocycles. The molecule has 7 heteroatoms. The summed E-state index contributed by atoms with van der Waals surface area (Å²) in [5.74, 6) is -0.777. The van der Waals surface area contributed by atoms with Crippen LogP contribution in [-0.2, 0) is 16.0 Å². The summed E-state index contributed by atoms with van der Waals surface area (Å²) in [5, 5.41) is 19.6. The number of amidine groups is 1. The average Bonchev–Trinajstić information content (AvgIpc) is 2.41. The first-order chi connectivity index (χ1) is 9.58. The van der Waals surface area contributed by atoms with Gasteiger partial charge in [0.2, 0.25) is 5.71 Å². The Balaban J connectivity index is 2.89. The van der Waals surface area contributed by atoms with E-state index < -0.39 is 5.84 Å². The van der Waals surface area contributed by atoms with Crippen molar-refractivity contribution < 1.29 is 9.53 Å². The minimum absolute atomic E-state index is 0.0918. The van der Waals surface area contributed by atoms with Crippen molar-refractivity contribution in [3.05, 3.63) is 29.8 Å². The standard InChI is InChI=1S/C13H15N5O2/c1-2-20-12(19)7-9-5-3-4-6-10(9)17-18-11(8-14)13(15)16/h3-6,17H,2,7H2,1H3,(H3,15,16)/b18-11+. The molecular formula is C13H15N5O2. The van der Waals surface area contributed by atoms with Crippen LogP contribution in [0.2, 0.25) is 0 Å². The molecule has 104 valence electrons. The predicted molar refractivity (Wildman–Crippen MR) is 75.4 cm³/mol. The molecule has 4 N–H and O–H groups in total. The number of nitriles is 1. The monoisotopic (exact) mass is 273 g/mol. The Labute approximate surface area is 116 Å². The van der Waals surface area contributed by atoms with Crippen molar-refractivity contribution >= 4 is 23.2 Å². The van der Waals surface area contributed by atoms with Crippen molar-refractivity contribution in [1.29, 1.82) is 10.7 Å². The van der Waals surface area contributed by atoms with Gasteiger partial charge in [-0.3, -0.25) is 15.6 Å². The summed E-state index contributed by atoms with van der Waals surface area (Å²) in [6, 6.07) is 8.68. The first-order valence-electron chi connectivity index (χ1n) is 5.90. The second-order valence-corrected chi connectivity index (χ2v) is 3.74. The lowest BCUT2D eigenvalue weighted by molar-refractivity contribution is -0.142. The lowest BCUT2D eigenvalue weighted by Gasteiger charge is -2.08. The van der Waals surface area contributed by atoms with Gasteiger partial charge in [0.25, 0.3) is 0 Å². The molecule has 0 heterocycles. The summed E-state index contributed by atoms with van der Waals surface area (Å²) in [6.45, 7) is 2.05. The van der Waals surface area contributed by atoms with Crippen molar-refractivity contribution in [2.45, 2.75) is 13.3 Å². The summed E-state index contributed by atoms with van der Waals surface area (Å²) >= 11 is 0. The van der Waals surface area contributed by atoms with Crippen LogP contribution < -0.4 is 11.2 Å². The highest BCUT2D eigenvalue weighted by Crippen LogP contribution is 2.16. The number of carbonyl (C=O) groups excluding carboxylic acids is 1. The third-order valence-corrected chi connectivity index (χ3v) is 2.31. The predicted octanol–water partition coefficient (Wildman–Crippen LogP) is 1.02. The molecule has 7 nitrogen and oxygen atoms in total. The fourth-order valence-electron chi connectivity index (χ4n) is 1.41. The van der Waals surface area contributed by atoms with Gasteiger partial charge >= 0.3 is 5.97 Å². The van der Waals surface area contributed by atoms with Gasteiger partial charge in [0.15, 0.2) is 5.84 Å². The van der Waals surface area contributed by atoms with E-state index in [0.29, 0.717) is 17.9 Å². The number of ether oxygens (including phenoxy) is 1. The number of hydrazone groups is 1. The lowest BCUT2D eigenvalue weighted by Crippen LogP contribution is -2.22. The molecule has 0 radical (unpaired) electrons. The van der Waals surface area contributed by atoms with E-state index in [-0.39, 0.29) is 18.1 Å². The minimum atomic E-state index is -0.428. The molecule has 0 aliphatic rings. The number of carbonyl (C=O) groups is 1. The van der Waals surface area contributed by atoms with Crippen molar-refractivity contribution in [3.8, 4) is 6.07 Å². The maximum Gasteiger partial charge on any atom is 0.310 e. The number of nitrogens with zero attached hydrogens (tertiary/aromatic N) is 2. The number of esters is 1. The van der Waals surface area contributed by atoms with E-state index in [1.165, 1.54) is 0 Å². The van der Waals surface area contributed by atoms with E-state index in [0.717, 1.165) is 0 Å². The highest BCUT2D eigenvalue weighted by molar-refractivity contribution is 6.45. The molecule has 1 rings (SSSR count). The van der Waals surface area contributed by atoms with Gasteiger partial charge in [0.05, 0.1) is 18.7 Å². The zero-order chi connectivity index (χ0) is 15.0. The molecular weight excluding hydrogens is 258 g/mol. The molecule has 0 atom stereocenters. The summed E-state index contributed by atoms with van der Waals surface area (Å²) in [7, 11) is 0. The maximum atomic E-state index is 11.5. The highest BCUT2D eigenvalue weighted by atomic mass is 16.5. The Hall–Kier alpha value is -2.88. The Bertz CT molecular complexity index is 574. The van der Waals surface area contributed by atoms with Gasteiger partial charge in [-0.25, -0.2) is 0 Å². The van der Waals surface area contributed by atoms with Crippen molar-refractivity contribution in [2.75, 3.05) is 12.0 Å². The largest absolute Gasteiger partial charge is 0.466 e. The highest BCUT2D eigenvalue weighted by Gasteiger charge is 2.08. The summed E-state index contributed by atoms with van der Waals surface area (Å²) in [4.78, 5) is 11.5. The third kappa shape index (κ3) is 4.42. The second kappa shape index (κ2) is 7.53. The van der Waals surface area contributed by atoms with Crippen LogP contribution in [0.25, 0.3) is 0 Å². The summed E-state index contributed by atoms with van der Waals surface area (Å²) < 4.78 is 4.88. The van der Waals surface area contributed by atoms with E-state index in [2.05, 4.69) is 10.5 Å². The summed E-state index contributed by atoms with van der Waals surface area (Å²) in [6.07, 6.45) is 0.0918. The molecule has 0 amide bonds. The first-order valence-corrected chi connectivity index (χ1v) is 5.90. The van der Waals surface area contributed by atoms with Crippen LogP contribution in [0.3, 0.4) is 0 Å². The van der Waals surface area contributed by atoms with Crippen LogP contribution in [-0.4, -0.2) is 24.1 Å². The molecule has 0 saturated carbocycles. The topological polar surface area (TPSA) is 124 Å². The molecule has 0 saturated heterocycles. The fraction of sp³-hybridized carbons (Fsp3) is 0.231. The number of anilines is 1. The Morgan fingerprint density at radius 3 is 2.85 bits per heavy atom. The molecule has 0 unspecified atom stereocenters. The van der Waals surface area contributed by atoms with Crippen LogP contribution in [0.4, 0.5) is 5.69 Å². The Kier molecular flexibility index (Phi) is 5.72. The SMILES string of the molecule is CCOC(=O)Cc1ccccc1N/N=C(\C#N)C(=N)N. The number of nitrogens with one attached hydrogen (secondary N) is 2. The number of benzene rings is 1. The Morgan fingerprint density at radius 1 is 1.55 bits per heavy atom.